The number of rotatable bonds is 5. The topological polar surface area (TPSA) is 90.8 Å². The maximum Gasteiger partial charge on any atom is 0.354 e. The molecule has 0 aliphatic carbocycles. The van der Waals surface area contributed by atoms with Gasteiger partial charge in [0.05, 0.1) is 6.61 Å². The van der Waals surface area contributed by atoms with Crippen LogP contribution < -0.4 is 0 Å². The van der Waals surface area contributed by atoms with Crippen LogP contribution >= 0.6 is 0 Å². The molecule has 1 heterocycles. The van der Waals surface area contributed by atoms with Gasteiger partial charge in [-0.25, -0.2) is 4.79 Å². The van der Waals surface area contributed by atoms with Gasteiger partial charge in [-0.05, 0) is 30.2 Å². The predicted octanol–water partition coefficient (Wildman–Crippen LogP) is 3.67. The van der Waals surface area contributed by atoms with E-state index >= 15 is 0 Å². The molecule has 1 N–H and O–H groups in total. The highest BCUT2D eigenvalue weighted by molar-refractivity contribution is 5.95. The number of fused-ring (bicyclic) bond motifs is 1. The van der Waals surface area contributed by atoms with E-state index < -0.39 is 0 Å². The van der Waals surface area contributed by atoms with Crippen molar-refractivity contribution in [2.24, 2.45) is 5.11 Å². The lowest BCUT2D eigenvalue weighted by Crippen LogP contribution is -2.04. The third-order valence-corrected chi connectivity index (χ3v) is 2.70. The lowest BCUT2D eigenvalue weighted by atomic mass is 10.1. The van der Waals surface area contributed by atoms with Crippen molar-refractivity contribution in [1.29, 1.82) is 0 Å². The zero-order chi connectivity index (χ0) is 14.4. The minimum atomic E-state index is -0.357. The summed E-state index contributed by atoms with van der Waals surface area (Å²) < 4.78 is 4.95. The summed E-state index contributed by atoms with van der Waals surface area (Å²) in [6.45, 7) is 2.43. The van der Waals surface area contributed by atoms with E-state index in [1.165, 1.54) is 0 Å². The van der Waals surface area contributed by atoms with Crippen molar-refractivity contribution in [2.45, 2.75) is 6.92 Å². The molecule has 0 saturated carbocycles. The van der Waals surface area contributed by atoms with Crippen molar-refractivity contribution in [3.63, 3.8) is 0 Å². The second kappa shape index (κ2) is 6.45. The molecular formula is C14H14N4O2. The van der Waals surface area contributed by atoms with Gasteiger partial charge in [0.25, 0.3) is 0 Å². The number of esters is 1. The van der Waals surface area contributed by atoms with E-state index in [1.54, 1.807) is 19.1 Å². The summed E-state index contributed by atoms with van der Waals surface area (Å²) in [7, 11) is 0. The maximum absolute atomic E-state index is 11.6. The fourth-order valence-electron chi connectivity index (χ4n) is 1.84. The van der Waals surface area contributed by atoms with Crippen molar-refractivity contribution < 1.29 is 9.53 Å². The highest BCUT2D eigenvalue weighted by Crippen LogP contribution is 2.18. The van der Waals surface area contributed by atoms with Gasteiger partial charge in [0.15, 0.2) is 0 Å². The summed E-state index contributed by atoms with van der Waals surface area (Å²) in [6.07, 6.45) is 3.63. The summed E-state index contributed by atoms with van der Waals surface area (Å²) >= 11 is 0. The molecule has 0 bridgehead atoms. The zero-order valence-electron chi connectivity index (χ0n) is 11.0. The Labute approximate surface area is 115 Å². The number of nitrogens with zero attached hydrogens (tertiary/aromatic N) is 3. The highest BCUT2D eigenvalue weighted by atomic mass is 16.5. The third-order valence-electron chi connectivity index (χ3n) is 2.70. The standard InChI is InChI=1S/C14H14N4O2/c1-2-20-14(19)13-9-11-6-5-10(8-12(11)17-13)4-3-7-16-18-15/h3-6,8-9,17H,2,7H2,1H3. The molecule has 2 aromatic rings. The zero-order valence-corrected chi connectivity index (χ0v) is 11.0. The molecular weight excluding hydrogens is 256 g/mol. The van der Waals surface area contributed by atoms with Crippen LogP contribution in [0.15, 0.2) is 35.5 Å². The SMILES string of the molecule is CCOC(=O)c1cc2ccc(C=CCN=[N+]=[N-])cc2[nH]1. The fraction of sp³-hybridized carbons (Fsp3) is 0.214. The van der Waals surface area contributed by atoms with Gasteiger partial charge < -0.3 is 9.72 Å². The molecule has 2 rings (SSSR count). The van der Waals surface area contributed by atoms with Crippen molar-refractivity contribution in [3.05, 3.63) is 52.0 Å². The molecule has 0 aliphatic heterocycles. The Morgan fingerprint density at radius 3 is 3.10 bits per heavy atom. The first-order valence-electron chi connectivity index (χ1n) is 6.22. The van der Waals surface area contributed by atoms with Crippen LogP contribution in [0.4, 0.5) is 0 Å². The van der Waals surface area contributed by atoms with E-state index in [4.69, 9.17) is 10.3 Å². The molecule has 6 nitrogen and oxygen atoms in total. The molecule has 0 unspecified atom stereocenters. The lowest BCUT2D eigenvalue weighted by molar-refractivity contribution is 0.0520. The van der Waals surface area contributed by atoms with Crippen LogP contribution in [0.1, 0.15) is 23.0 Å². The number of aromatic nitrogens is 1. The van der Waals surface area contributed by atoms with Crippen molar-refractivity contribution in [1.82, 2.24) is 4.98 Å². The van der Waals surface area contributed by atoms with Gasteiger partial charge in [0.2, 0.25) is 0 Å². The molecule has 0 atom stereocenters. The third kappa shape index (κ3) is 3.18. The predicted molar refractivity (Wildman–Crippen MR) is 77.3 cm³/mol. The van der Waals surface area contributed by atoms with E-state index in [1.807, 2.05) is 24.3 Å². The first-order chi connectivity index (χ1) is 9.74. The first-order valence-corrected chi connectivity index (χ1v) is 6.22. The Hall–Kier alpha value is -2.72. The number of nitrogens with one attached hydrogen (secondary N) is 1. The number of carbonyl (C=O) groups is 1. The van der Waals surface area contributed by atoms with Crippen LogP contribution in [-0.4, -0.2) is 24.1 Å². The number of hydrogen-bond acceptors (Lipinski definition) is 3. The Bertz CT molecular complexity index is 696. The van der Waals surface area contributed by atoms with E-state index in [-0.39, 0.29) is 5.97 Å². The largest absolute Gasteiger partial charge is 0.461 e. The molecule has 0 amide bonds. The number of azide groups is 1. The summed E-state index contributed by atoms with van der Waals surface area (Å²) in [6, 6.07) is 7.53. The van der Waals surface area contributed by atoms with Gasteiger partial charge in [0.1, 0.15) is 5.69 Å². The van der Waals surface area contributed by atoms with Crippen LogP contribution in [0.5, 0.6) is 0 Å². The second-order valence-corrected chi connectivity index (χ2v) is 4.07. The summed E-state index contributed by atoms with van der Waals surface area (Å²) in [5.41, 5.74) is 10.4. The van der Waals surface area contributed by atoms with Crippen molar-refractivity contribution >= 4 is 22.9 Å². The Morgan fingerprint density at radius 2 is 2.35 bits per heavy atom. The Kier molecular flexibility index (Phi) is 4.42. The summed E-state index contributed by atoms with van der Waals surface area (Å²) in [5.74, 6) is -0.357. The molecule has 102 valence electrons. The van der Waals surface area contributed by atoms with Gasteiger partial charge in [-0.2, -0.15) is 0 Å². The molecule has 1 aromatic carbocycles. The fourth-order valence-corrected chi connectivity index (χ4v) is 1.84. The lowest BCUT2D eigenvalue weighted by Gasteiger charge is -1.97. The maximum atomic E-state index is 11.6. The molecule has 20 heavy (non-hydrogen) atoms. The molecule has 0 radical (unpaired) electrons. The van der Waals surface area contributed by atoms with Crippen LogP contribution in [0.2, 0.25) is 0 Å². The molecule has 0 aliphatic rings. The minimum absolute atomic E-state index is 0.313. The van der Waals surface area contributed by atoms with Crippen molar-refractivity contribution in [2.75, 3.05) is 13.2 Å². The number of hydrogen-bond donors (Lipinski definition) is 1. The second-order valence-electron chi connectivity index (χ2n) is 4.07. The van der Waals surface area contributed by atoms with E-state index in [2.05, 4.69) is 15.0 Å². The molecule has 0 fully saturated rings. The number of aromatic amines is 1. The van der Waals surface area contributed by atoms with Gasteiger partial charge in [-0.15, -0.1) is 0 Å². The van der Waals surface area contributed by atoms with E-state index in [9.17, 15) is 4.79 Å². The number of H-pyrrole nitrogens is 1. The average molecular weight is 270 g/mol. The van der Waals surface area contributed by atoms with Gasteiger partial charge in [-0.3, -0.25) is 0 Å². The Morgan fingerprint density at radius 1 is 1.50 bits per heavy atom. The average Bonchev–Trinajstić information content (AvgIpc) is 2.87. The summed E-state index contributed by atoms with van der Waals surface area (Å²) in [4.78, 5) is 17.3. The quantitative estimate of drug-likeness (QED) is 0.388. The molecule has 0 spiro atoms. The van der Waals surface area contributed by atoms with Crippen LogP contribution in [0.3, 0.4) is 0 Å². The number of ether oxygens (including phenoxy) is 1. The van der Waals surface area contributed by atoms with Crippen molar-refractivity contribution in [3.8, 4) is 0 Å². The van der Waals surface area contributed by atoms with Crippen LogP contribution in [0.25, 0.3) is 27.4 Å². The first kappa shape index (κ1) is 13.7. The smallest absolute Gasteiger partial charge is 0.354 e. The Balaban J connectivity index is 2.23. The molecule has 6 heteroatoms. The van der Waals surface area contributed by atoms with E-state index in [0.717, 1.165) is 16.5 Å². The van der Waals surface area contributed by atoms with Gasteiger partial charge >= 0.3 is 5.97 Å². The number of benzene rings is 1. The number of carbonyl (C=O) groups excluding carboxylic acids is 1. The van der Waals surface area contributed by atoms with Gasteiger partial charge in [0, 0.05) is 22.4 Å². The van der Waals surface area contributed by atoms with Crippen LogP contribution in [-0.2, 0) is 4.74 Å². The minimum Gasteiger partial charge on any atom is -0.461 e. The normalized spacial score (nSPS) is 10.7. The summed E-state index contributed by atoms with van der Waals surface area (Å²) in [5, 5.41) is 4.37. The van der Waals surface area contributed by atoms with E-state index in [0.29, 0.717) is 18.8 Å². The van der Waals surface area contributed by atoms with Crippen LogP contribution in [0, 0.1) is 0 Å². The molecule has 1 aromatic heterocycles. The molecule has 0 saturated heterocycles. The highest BCUT2D eigenvalue weighted by Gasteiger charge is 2.09. The monoisotopic (exact) mass is 270 g/mol. The van der Waals surface area contributed by atoms with Gasteiger partial charge in [-0.1, -0.05) is 29.4 Å².